The summed E-state index contributed by atoms with van der Waals surface area (Å²) in [6, 6.07) is 7.56. The number of aryl methyl sites for hydroxylation is 1. The maximum absolute atomic E-state index is 12.3. The number of anilines is 1. The van der Waals surface area contributed by atoms with Gasteiger partial charge in [-0.3, -0.25) is 4.79 Å². The average Bonchev–Trinajstić information content (AvgIpc) is 2.38. The molecule has 1 rings (SSSR count). The molecule has 18 heavy (non-hydrogen) atoms. The van der Waals surface area contributed by atoms with Crippen molar-refractivity contribution in [3.8, 4) is 6.07 Å². The summed E-state index contributed by atoms with van der Waals surface area (Å²) in [6.45, 7) is 6.57. The highest BCUT2D eigenvalue weighted by atomic mass is 16.2. The molecule has 1 aromatic carbocycles. The number of nitrogens with two attached hydrogens (primary N) is 1. The van der Waals surface area contributed by atoms with Gasteiger partial charge in [0.15, 0.2) is 0 Å². The lowest BCUT2D eigenvalue weighted by Gasteiger charge is -2.23. The number of hydrogen-bond acceptors (Lipinski definition) is 3. The van der Waals surface area contributed by atoms with Crippen molar-refractivity contribution in [2.45, 2.75) is 20.8 Å². The Morgan fingerprint density at radius 3 is 2.78 bits per heavy atom. The minimum atomic E-state index is -0.181. The van der Waals surface area contributed by atoms with Crippen LogP contribution in [0.4, 0.5) is 5.69 Å². The van der Waals surface area contributed by atoms with E-state index < -0.39 is 0 Å². The summed E-state index contributed by atoms with van der Waals surface area (Å²) < 4.78 is 0. The summed E-state index contributed by atoms with van der Waals surface area (Å²) in [5.41, 5.74) is 7.86. The molecular formula is C14H19N3O. The largest absolute Gasteiger partial charge is 0.398 e. The first-order valence-corrected chi connectivity index (χ1v) is 6.05. The van der Waals surface area contributed by atoms with Crippen LogP contribution in [0.5, 0.6) is 0 Å². The van der Waals surface area contributed by atoms with Crippen LogP contribution in [0.3, 0.4) is 0 Å². The first-order chi connectivity index (χ1) is 8.51. The van der Waals surface area contributed by atoms with Gasteiger partial charge < -0.3 is 10.6 Å². The molecule has 0 saturated carbocycles. The third-order valence-electron chi connectivity index (χ3n) is 2.94. The van der Waals surface area contributed by atoms with Gasteiger partial charge in [0.05, 0.1) is 17.6 Å². The minimum absolute atomic E-state index is 0.110. The molecule has 96 valence electrons. The minimum Gasteiger partial charge on any atom is -0.398 e. The van der Waals surface area contributed by atoms with E-state index in [4.69, 9.17) is 11.0 Å². The highest BCUT2D eigenvalue weighted by molar-refractivity contribution is 5.99. The molecular weight excluding hydrogens is 226 g/mol. The number of amides is 1. The van der Waals surface area contributed by atoms with Gasteiger partial charge in [-0.1, -0.05) is 12.1 Å². The van der Waals surface area contributed by atoms with Crippen molar-refractivity contribution < 1.29 is 4.79 Å². The molecule has 2 N–H and O–H groups in total. The van der Waals surface area contributed by atoms with Crippen LogP contribution in [0.2, 0.25) is 0 Å². The first kappa shape index (κ1) is 14.0. The zero-order valence-corrected chi connectivity index (χ0v) is 11.1. The van der Waals surface area contributed by atoms with Crippen molar-refractivity contribution in [2.75, 3.05) is 18.8 Å². The van der Waals surface area contributed by atoms with Crippen LogP contribution in [0.1, 0.15) is 29.8 Å². The topological polar surface area (TPSA) is 70.1 Å². The van der Waals surface area contributed by atoms with Gasteiger partial charge in [0, 0.05) is 18.8 Å². The molecule has 0 aliphatic carbocycles. The van der Waals surface area contributed by atoms with Crippen molar-refractivity contribution >= 4 is 11.6 Å². The Labute approximate surface area is 108 Å². The molecule has 0 aliphatic heterocycles. The van der Waals surface area contributed by atoms with Gasteiger partial charge in [-0.15, -0.1) is 0 Å². The Hall–Kier alpha value is -2.02. The highest BCUT2D eigenvalue weighted by Crippen LogP contribution is 2.18. The predicted molar refractivity (Wildman–Crippen MR) is 71.9 cm³/mol. The number of rotatable bonds is 4. The molecule has 1 atom stereocenters. The standard InChI is InChI=1S/C14H19N3O/c1-4-17(9-10(2)8-15)14(18)12-7-5-6-11(3)13(12)16/h5-7,10H,4,9,16H2,1-3H3. The van der Waals surface area contributed by atoms with Crippen LogP contribution >= 0.6 is 0 Å². The summed E-state index contributed by atoms with van der Waals surface area (Å²) in [5, 5.41) is 8.82. The summed E-state index contributed by atoms with van der Waals surface area (Å²) in [5.74, 6) is -0.291. The smallest absolute Gasteiger partial charge is 0.255 e. The second-order valence-corrected chi connectivity index (χ2v) is 4.41. The Balaban J connectivity index is 2.97. The third kappa shape index (κ3) is 3.01. The van der Waals surface area contributed by atoms with E-state index >= 15 is 0 Å². The lowest BCUT2D eigenvalue weighted by Crippen LogP contribution is -2.34. The molecule has 1 aromatic rings. The fourth-order valence-electron chi connectivity index (χ4n) is 1.76. The zero-order valence-electron chi connectivity index (χ0n) is 11.1. The Kier molecular flexibility index (Phi) is 4.73. The molecule has 0 fully saturated rings. The maximum Gasteiger partial charge on any atom is 0.255 e. The lowest BCUT2D eigenvalue weighted by molar-refractivity contribution is 0.0753. The molecule has 0 heterocycles. The average molecular weight is 245 g/mol. The summed E-state index contributed by atoms with van der Waals surface area (Å²) in [7, 11) is 0. The van der Waals surface area contributed by atoms with E-state index in [1.54, 1.807) is 17.9 Å². The predicted octanol–water partition coefficient (Wildman–Crippen LogP) is 2.20. The van der Waals surface area contributed by atoms with Gasteiger partial charge in [-0.05, 0) is 32.4 Å². The highest BCUT2D eigenvalue weighted by Gasteiger charge is 2.19. The number of nitrogen functional groups attached to an aromatic ring is 1. The summed E-state index contributed by atoms with van der Waals surface area (Å²) in [4.78, 5) is 14.0. The van der Waals surface area contributed by atoms with Crippen LogP contribution in [-0.2, 0) is 0 Å². The fraction of sp³-hybridized carbons (Fsp3) is 0.429. The zero-order chi connectivity index (χ0) is 13.7. The number of benzene rings is 1. The molecule has 4 heteroatoms. The second-order valence-electron chi connectivity index (χ2n) is 4.41. The van der Waals surface area contributed by atoms with Crippen LogP contribution in [0.15, 0.2) is 18.2 Å². The van der Waals surface area contributed by atoms with E-state index in [9.17, 15) is 4.79 Å². The third-order valence-corrected chi connectivity index (χ3v) is 2.94. The molecule has 0 radical (unpaired) electrons. The number of carbonyl (C=O) groups is 1. The Morgan fingerprint density at radius 1 is 1.56 bits per heavy atom. The van der Waals surface area contributed by atoms with Crippen LogP contribution in [-0.4, -0.2) is 23.9 Å². The molecule has 1 amide bonds. The molecule has 1 unspecified atom stereocenters. The number of carbonyl (C=O) groups excluding carboxylic acids is 1. The molecule has 0 bridgehead atoms. The van der Waals surface area contributed by atoms with E-state index in [1.807, 2.05) is 26.0 Å². The van der Waals surface area contributed by atoms with Crippen LogP contribution in [0.25, 0.3) is 0 Å². The molecule has 0 saturated heterocycles. The van der Waals surface area contributed by atoms with Crippen molar-refractivity contribution in [1.29, 1.82) is 5.26 Å². The fourth-order valence-corrected chi connectivity index (χ4v) is 1.76. The first-order valence-electron chi connectivity index (χ1n) is 6.05. The van der Waals surface area contributed by atoms with Gasteiger partial charge in [0.1, 0.15) is 0 Å². The van der Waals surface area contributed by atoms with Gasteiger partial charge in [-0.25, -0.2) is 0 Å². The van der Waals surface area contributed by atoms with Crippen LogP contribution in [0, 0.1) is 24.2 Å². The Bertz CT molecular complexity index is 476. The van der Waals surface area contributed by atoms with Crippen molar-refractivity contribution in [3.63, 3.8) is 0 Å². The van der Waals surface area contributed by atoms with E-state index in [0.29, 0.717) is 24.3 Å². The van der Waals surface area contributed by atoms with Crippen molar-refractivity contribution in [1.82, 2.24) is 4.90 Å². The van der Waals surface area contributed by atoms with Gasteiger partial charge in [0.2, 0.25) is 0 Å². The Morgan fingerprint density at radius 2 is 2.22 bits per heavy atom. The molecule has 0 aliphatic rings. The van der Waals surface area contributed by atoms with Crippen LogP contribution < -0.4 is 5.73 Å². The summed E-state index contributed by atoms with van der Waals surface area (Å²) >= 11 is 0. The monoisotopic (exact) mass is 245 g/mol. The normalized spacial score (nSPS) is 11.7. The summed E-state index contributed by atoms with van der Waals surface area (Å²) in [6.07, 6.45) is 0. The number of nitriles is 1. The number of hydrogen-bond donors (Lipinski definition) is 1. The van der Waals surface area contributed by atoms with Crippen molar-refractivity contribution in [2.24, 2.45) is 5.92 Å². The van der Waals surface area contributed by atoms with E-state index in [2.05, 4.69) is 6.07 Å². The lowest BCUT2D eigenvalue weighted by atomic mass is 10.1. The van der Waals surface area contributed by atoms with Crippen molar-refractivity contribution in [3.05, 3.63) is 29.3 Å². The quantitative estimate of drug-likeness (QED) is 0.827. The van der Waals surface area contributed by atoms with Gasteiger partial charge >= 0.3 is 0 Å². The molecule has 0 spiro atoms. The molecule has 4 nitrogen and oxygen atoms in total. The van der Waals surface area contributed by atoms with E-state index in [1.165, 1.54) is 0 Å². The SMILES string of the molecule is CCN(CC(C)C#N)C(=O)c1cccc(C)c1N. The van der Waals surface area contributed by atoms with E-state index in [-0.39, 0.29) is 11.8 Å². The van der Waals surface area contributed by atoms with E-state index in [0.717, 1.165) is 5.56 Å². The second kappa shape index (κ2) is 6.06. The maximum atomic E-state index is 12.3. The van der Waals surface area contributed by atoms with Gasteiger partial charge in [0.25, 0.3) is 5.91 Å². The number of nitrogens with zero attached hydrogens (tertiary/aromatic N) is 2. The van der Waals surface area contributed by atoms with Gasteiger partial charge in [-0.2, -0.15) is 5.26 Å². The number of para-hydroxylation sites is 1. The molecule has 0 aromatic heterocycles.